The van der Waals surface area contributed by atoms with Crippen LogP contribution in [0.5, 0.6) is 0 Å². The molecule has 2 aliphatic rings. The number of piperazine rings is 1. The molecule has 2 saturated heterocycles. The highest BCUT2D eigenvalue weighted by molar-refractivity contribution is 5.97. The van der Waals surface area contributed by atoms with Crippen LogP contribution in [0.4, 0.5) is 0 Å². The Morgan fingerprint density at radius 3 is 2.72 bits per heavy atom. The van der Waals surface area contributed by atoms with Crippen molar-refractivity contribution >= 4 is 17.7 Å². The van der Waals surface area contributed by atoms with E-state index in [1.807, 2.05) is 13.8 Å². The maximum absolute atomic E-state index is 12.9. The molecule has 136 valence electrons. The van der Waals surface area contributed by atoms with E-state index in [0.29, 0.717) is 37.7 Å². The number of carbonyl (C=O) groups is 3. The third-order valence-corrected chi connectivity index (χ3v) is 4.75. The van der Waals surface area contributed by atoms with Gasteiger partial charge in [-0.2, -0.15) is 5.10 Å². The molecule has 8 nitrogen and oxygen atoms in total. The zero-order chi connectivity index (χ0) is 18.1. The smallest absolute Gasteiger partial charge is 0.272 e. The Kier molecular flexibility index (Phi) is 4.78. The van der Waals surface area contributed by atoms with Gasteiger partial charge in [0.1, 0.15) is 11.7 Å². The fraction of sp³-hybridized carbons (Fsp3) is 0.647. The lowest BCUT2D eigenvalue weighted by atomic mass is 10.1. The minimum Gasteiger partial charge on any atom is -0.335 e. The van der Waals surface area contributed by atoms with Crippen LogP contribution in [0.3, 0.4) is 0 Å². The Labute approximate surface area is 147 Å². The van der Waals surface area contributed by atoms with Gasteiger partial charge in [0, 0.05) is 32.9 Å². The number of fused-ring (bicyclic) bond motifs is 1. The average molecular weight is 347 g/mol. The molecule has 0 bridgehead atoms. The van der Waals surface area contributed by atoms with Gasteiger partial charge in [-0.1, -0.05) is 13.8 Å². The zero-order valence-corrected chi connectivity index (χ0v) is 15.0. The molecule has 2 aliphatic heterocycles. The summed E-state index contributed by atoms with van der Waals surface area (Å²) in [5.41, 5.74) is 0.488. The van der Waals surface area contributed by atoms with E-state index in [1.165, 1.54) is 4.68 Å². The van der Waals surface area contributed by atoms with Crippen LogP contribution in [0.25, 0.3) is 0 Å². The van der Waals surface area contributed by atoms with Gasteiger partial charge in [-0.05, 0) is 18.4 Å². The molecule has 25 heavy (non-hydrogen) atoms. The lowest BCUT2D eigenvalue weighted by Gasteiger charge is -2.40. The first-order chi connectivity index (χ1) is 11.9. The van der Waals surface area contributed by atoms with Gasteiger partial charge >= 0.3 is 0 Å². The van der Waals surface area contributed by atoms with Crippen LogP contribution in [-0.2, 0) is 16.6 Å². The minimum absolute atomic E-state index is 0.0277. The summed E-state index contributed by atoms with van der Waals surface area (Å²) in [4.78, 5) is 43.1. The van der Waals surface area contributed by atoms with Gasteiger partial charge in [-0.25, -0.2) is 0 Å². The van der Waals surface area contributed by atoms with E-state index in [9.17, 15) is 14.4 Å². The number of nitrogens with zero attached hydrogens (tertiary/aromatic N) is 5. The first kappa shape index (κ1) is 17.4. The first-order valence-corrected chi connectivity index (χ1v) is 8.74. The summed E-state index contributed by atoms with van der Waals surface area (Å²) in [5.74, 6) is 0.0578. The Hall–Kier alpha value is -2.38. The summed E-state index contributed by atoms with van der Waals surface area (Å²) < 4.78 is 1.53. The predicted octanol–water partition coefficient (Wildman–Crippen LogP) is -0.0386. The van der Waals surface area contributed by atoms with E-state index in [-0.39, 0.29) is 30.8 Å². The number of hydrogen-bond donors (Lipinski definition) is 0. The Balaban J connectivity index is 1.81. The van der Waals surface area contributed by atoms with Crippen molar-refractivity contribution < 1.29 is 14.4 Å². The Morgan fingerprint density at radius 2 is 2.08 bits per heavy atom. The molecule has 0 aliphatic carbocycles. The molecular weight excluding hydrogens is 322 g/mol. The molecule has 3 rings (SSSR count). The van der Waals surface area contributed by atoms with Crippen molar-refractivity contribution in [2.24, 2.45) is 13.0 Å². The van der Waals surface area contributed by atoms with Crippen LogP contribution in [0.1, 0.15) is 30.8 Å². The molecule has 3 amide bonds. The number of hydrogen-bond acceptors (Lipinski definition) is 4. The summed E-state index contributed by atoms with van der Waals surface area (Å²) in [6.45, 7) is 6.03. The van der Waals surface area contributed by atoms with Gasteiger partial charge < -0.3 is 14.7 Å². The summed E-state index contributed by atoms with van der Waals surface area (Å²) in [5, 5.41) is 4.04. The minimum atomic E-state index is -0.584. The molecule has 2 fully saturated rings. The van der Waals surface area contributed by atoms with Gasteiger partial charge in [0.2, 0.25) is 11.8 Å². The van der Waals surface area contributed by atoms with Crippen LogP contribution < -0.4 is 0 Å². The van der Waals surface area contributed by atoms with Gasteiger partial charge in [0.15, 0.2) is 0 Å². The van der Waals surface area contributed by atoms with Gasteiger partial charge in [-0.15, -0.1) is 0 Å². The SMILES string of the molecule is CC(C)CN1CC(=O)N2CCCN(C(=O)c3ccnn3C)CC2C1=O. The second kappa shape index (κ2) is 6.85. The lowest BCUT2D eigenvalue weighted by molar-refractivity contribution is -0.156. The molecule has 0 aromatic carbocycles. The molecule has 0 N–H and O–H groups in total. The van der Waals surface area contributed by atoms with E-state index < -0.39 is 6.04 Å². The highest BCUT2D eigenvalue weighted by atomic mass is 16.2. The fourth-order valence-electron chi connectivity index (χ4n) is 3.56. The second-order valence-corrected chi connectivity index (χ2v) is 7.16. The third kappa shape index (κ3) is 3.38. The van der Waals surface area contributed by atoms with Gasteiger partial charge in [-0.3, -0.25) is 19.1 Å². The molecule has 0 radical (unpaired) electrons. The molecular formula is C17H25N5O3. The van der Waals surface area contributed by atoms with E-state index in [1.54, 1.807) is 34.0 Å². The van der Waals surface area contributed by atoms with Crippen molar-refractivity contribution in [2.45, 2.75) is 26.3 Å². The number of rotatable bonds is 3. The van der Waals surface area contributed by atoms with Crippen LogP contribution in [-0.4, -0.2) is 81.0 Å². The van der Waals surface area contributed by atoms with E-state index in [4.69, 9.17) is 0 Å². The van der Waals surface area contributed by atoms with Crippen LogP contribution in [0.15, 0.2) is 12.3 Å². The van der Waals surface area contributed by atoms with Crippen LogP contribution >= 0.6 is 0 Å². The molecule has 0 spiro atoms. The van der Waals surface area contributed by atoms with E-state index >= 15 is 0 Å². The predicted molar refractivity (Wildman–Crippen MR) is 90.6 cm³/mol. The molecule has 0 saturated carbocycles. The summed E-state index contributed by atoms with van der Waals surface area (Å²) in [6.07, 6.45) is 2.25. The first-order valence-electron chi connectivity index (χ1n) is 8.74. The second-order valence-electron chi connectivity index (χ2n) is 7.16. The van der Waals surface area contributed by atoms with Crippen molar-refractivity contribution in [3.05, 3.63) is 18.0 Å². The number of aryl methyl sites for hydroxylation is 1. The molecule has 8 heteroatoms. The van der Waals surface area contributed by atoms with E-state index in [0.717, 1.165) is 0 Å². The van der Waals surface area contributed by atoms with E-state index in [2.05, 4.69) is 5.10 Å². The van der Waals surface area contributed by atoms with Crippen molar-refractivity contribution in [3.8, 4) is 0 Å². The fourth-order valence-corrected chi connectivity index (χ4v) is 3.56. The molecule has 1 aromatic rings. The summed E-state index contributed by atoms with van der Waals surface area (Å²) in [6, 6.07) is 1.09. The normalized spacial score (nSPS) is 21.6. The largest absolute Gasteiger partial charge is 0.335 e. The van der Waals surface area contributed by atoms with Crippen LogP contribution in [0, 0.1) is 5.92 Å². The Bertz CT molecular complexity index is 684. The molecule has 1 aromatic heterocycles. The third-order valence-electron chi connectivity index (χ3n) is 4.75. The standard InChI is InChI=1S/C17H25N5O3/c1-12(2)9-21-11-15(23)22-8-4-7-20(10-14(22)17(21)25)16(24)13-5-6-18-19(13)3/h5-6,12,14H,4,7-11H2,1-3H3. The lowest BCUT2D eigenvalue weighted by Crippen LogP contribution is -2.62. The summed E-state index contributed by atoms with van der Waals surface area (Å²) >= 11 is 0. The highest BCUT2D eigenvalue weighted by Crippen LogP contribution is 2.20. The van der Waals surface area contributed by atoms with Crippen LogP contribution in [0.2, 0.25) is 0 Å². The van der Waals surface area contributed by atoms with Crippen molar-refractivity contribution in [2.75, 3.05) is 32.7 Å². The topological polar surface area (TPSA) is 78.8 Å². The molecule has 1 unspecified atom stereocenters. The average Bonchev–Trinajstić information content (AvgIpc) is 2.84. The summed E-state index contributed by atoms with van der Waals surface area (Å²) in [7, 11) is 1.72. The molecule has 3 heterocycles. The van der Waals surface area contributed by atoms with Crippen molar-refractivity contribution in [1.29, 1.82) is 0 Å². The molecule has 1 atom stereocenters. The number of carbonyl (C=O) groups excluding carboxylic acids is 3. The van der Waals surface area contributed by atoms with Gasteiger partial charge in [0.05, 0.1) is 13.1 Å². The number of aromatic nitrogens is 2. The van der Waals surface area contributed by atoms with Crippen molar-refractivity contribution in [1.82, 2.24) is 24.5 Å². The Morgan fingerprint density at radius 1 is 1.32 bits per heavy atom. The quantitative estimate of drug-likeness (QED) is 0.769. The highest BCUT2D eigenvalue weighted by Gasteiger charge is 2.42. The zero-order valence-electron chi connectivity index (χ0n) is 15.0. The maximum atomic E-state index is 12.9. The monoisotopic (exact) mass is 347 g/mol. The van der Waals surface area contributed by atoms with Gasteiger partial charge in [0.25, 0.3) is 5.91 Å². The number of amides is 3. The maximum Gasteiger partial charge on any atom is 0.272 e. The van der Waals surface area contributed by atoms with Crippen molar-refractivity contribution in [3.63, 3.8) is 0 Å².